The second kappa shape index (κ2) is 4.60. The van der Waals surface area contributed by atoms with Crippen LogP contribution in [0.1, 0.15) is 37.1 Å². The van der Waals surface area contributed by atoms with Gasteiger partial charge >= 0.3 is 0 Å². The molecule has 0 aliphatic heterocycles. The number of hydrogen-bond donors (Lipinski definition) is 0. The van der Waals surface area contributed by atoms with Crippen molar-refractivity contribution in [3.05, 3.63) is 17.3 Å². The predicted octanol–water partition coefficient (Wildman–Crippen LogP) is 2.21. The van der Waals surface area contributed by atoms with Crippen LogP contribution >= 0.6 is 0 Å². The van der Waals surface area contributed by atoms with Gasteiger partial charge in [0.25, 0.3) is 0 Å². The third kappa shape index (κ3) is 2.84. The summed E-state index contributed by atoms with van der Waals surface area (Å²) in [5, 5.41) is 0. The fourth-order valence-corrected chi connectivity index (χ4v) is 1.43. The van der Waals surface area contributed by atoms with E-state index in [1.165, 1.54) is 0 Å². The average molecular weight is 196 g/mol. The summed E-state index contributed by atoms with van der Waals surface area (Å²) in [6, 6.07) is 0. The lowest BCUT2D eigenvalue weighted by Crippen LogP contribution is -2.15. The van der Waals surface area contributed by atoms with E-state index < -0.39 is 0 Å². The third-order valence-corrected chi connectivity index (χ3v) is 2.17. The van der Waals surface area contributed by atoms with Crippen LogP contribution in [-0.2, 0) is 6.42 Å². The Bertz CT molecular complexity index is 289. The number of nitrogens with zero attached hydrogens (tertiary/aromatic N) is 2. The Labute approximate surface area is 86.1 Å². The van der Waals surface area contributed by atoms with E-state index in [2.05, 4.69) is 37.8 Å². The number of likely N-dealkylation sites (N-methyl/N-ethyl adjacent to an activating group) is 1. The zero-order chi connectivity index (χ0) is 10.7. The lowest BCUT2D eigenvalue weighted by atomic mass is 10.1. The van der Waals surface area contributed by atoms with Crippen LogP contribution in [0.4, 0.5) is 0 Å². The molecule has 0 aliphatic rings. The van der Waals surface area contributed by atoms with Crippen molar-refractivity contribution in [2.24, 2.45) is 0 Å². The fraction of sp³-hybridized carbons (Fsp3) is 0.727. The van der Waals surface area contributed by atoms with Crippen molar-refractivity contribution in [1.29, 1.82) is 0 Å². The van der Waals surface area contributed by atoms with E-state index in [0.717, 1.165) is 30.3 Å². The van der Waals surface area contributed by atoms with Crippen molar-refractivity contribution in [2.75, 3.05) is 20.6 Å². The molecule has 0 unspecified atom stereocenters. The zero-order valence-electron chi connectivity index (χ0n) is 9.79. The number of aryl methyl sites for hydroxylation is 1. The molecule has 1 aromatic rings. The van der Waals surface area contributed by atoms with Gasteiger partial charge in [0.2, 0.25) is 0 Å². The van der Waals surface area contributed by atoms with Gasteiger partial charge in [0.15, 0.2) is 5.89 Å². The summed E-state index contributed by atoms with van der Waals surface area (Å²) in [5.41, 5.74) is 1.04. The number of oxazole rings is 1. The Balaban J connectivity index is 2.66. The number of aromatic nitrogens is 1. The van der Waals surface area contributed by atoms with E-state index in [0.29, 0.717) is 5.92 Å². The highest BCUT2D eigenvalue weighted by molar-refractivity contribution is 5.11. The minimum absolute atomic E-state index is 0.426. The predicted molar refractivity (Wildman–Crippen MR) is 57.6 cm³/mol. The van der Waals surface area contributed by atoms with Crippen LogP contribution in [0.15, 0.2) is 4.42 Å². The van der Waals surface area contributed by atoms with Gasteiger partial charge < -0.3 is 9.32 Å². The first-order valence-corrected chi connectivity index (χ1v) is 5.11. The van der Waals surface area contributed by atoms with Crippen LogP contribution < -0.4 is 0 Å². The monoisotopic (exact) mass is 196 g/mol. The topological polar surface area (TPSA) is 29.3 Å². The molecule has 14 heavy (non-hydrogen) atoms. The Kier molecular flexibility index (Phi) is 3.69. The van der Waals surface area contributed by atoms with Crippen molar-refractivity contribution in [3.63, 3.8) is 0 Å². The second-order valence-electron chi connectivity index (χ2n) is 4.27. The molecule has 1 rings (SSSR count). The molecule has 0 spiro atoms. The molecule has 0 aliphatic carbocycles. The second-order valence-corrected chi connectivity index (χ2v) is 4.27. The molecule has 0 amide bonds. The maximum absolute atomic E-state index is 5.69. The highest BCUT2D eigenvalue weighted by Crippen LogP contribution is 2.20. The molecule has 3 nitrogen and oxygen atoms in total. The van der Waals surface area contributed by atoms with Crippen molar-refractivity contribution in [1.82, 2.24) is 9.88 Å². The van der Waals surface area contributed by atoms with Crippen LogP contribution in [0.5, 0.6) is 0 Å². The molecular weight excluding hydrogens is 176 g/mol. The van der Waals surface area contributed by atoms with Crippen molar-refractivity contribution >= 4 is 0 Å². The van der Waals surface area contributed by atoms with Gasteiger partial charge in [0.1, 0.15) is 5.76 Å². The molecule has 80 valence electrons. The van der Waals surface area contributed by atoms with Crippen molar-refractivity contribution < 1.29 is 4.42 Å². The van der Waals surface area contributed by atoms with Crippen LogP contribution in [0.3, 0.4) is 0 Å². The summed E-state index contributed by atoms with van der Waals surface area (Å²) < 4.78 is 5.69. The van der Waals surface area contributed by atoms with E-state index in [1.54, 1.807) is 0 Å². The first-order valence-electron chi connectivity index (χ1n) is 5.11. The van der Waals surface area contributed by atoms with Gasteiger partial charge in [-0.15, -0.1) is 0 Å². The van der Waals surface area contributed by atoms with Gasteiger partial charge in [0.05, 0.1) is 5.69 Å². The van der Waals surface area contributed by atoms with Gasteiger partial charge in [-0.2, -0.15) is 0 Å². The largest absolute Gasteiger partial charge is 0.445 e. The molecular formula is C11H20N2O. The highest BCUT2D eigenvalue weighted by Gasteiger charge is 2.12. The average Bonchev–Trinajstić information content (AvgIpc) is 2.43. The lowest BCUT2D eigenvalue weighted by Gasteiger charge is -2.06. The minimum Gasteiger partial charge on any atom is -0.445 e. The SMILES string of the molecule is Cc1nc(CCN(C)C)oc1C(C)C. The smallest absolute Gasteiger partial charge is 0.195 e. The van der Waals surface area contributed by atoms with Gasteiger partial charge in [-0.3, -0.25) is 0 Å². The zero-order valence-corrected chi connectivity index (χ0v) is 9.79. The molecule has 0 saturated carbocycles. The minimum atomic E-state index is 0.426. The molecule has 0 radical (unpaired) electrons. The molecule has 0 saturated heterocycles. The highest BCUT2D eigenvalue weighted by atomic mass is 16.4. The van der Waals surface area contributed by atoms with Gasteiger partial charge in [-0.05, 0) is 21.0 Å². The van der Waals surface area contributed by atoms with E-state index in [-0.39, 0.29) is 0 Å². The molecule has 0 aromatic carbocycles. The van der Waals surface area contributed by atoms with E-state index in [4.69, 9.17) is 4.42 Å². The standard InChI is InChI=1S/C11H20N2O/c1-8(2)11-9(3)12-10(14-11)6-7-13(4)5/h8H,6-7H2,1-5H3. The molecule has 1 heterocycles. The number of rotatable bonds is 4. The Morgan fingerprint density at radius 1 is 1.36 bits per heavy atom. The van der Waals surface area contributed by atoms with Gasteiger partial charge in [0, 0.05) is 18.9 Å². The first kappa shape index (κ1) is 11.2. The summed E-state index contributed by atoms with van der Waals surface area (Å²) in [6.07, 6.45) is 0.889. The maximum Gasteiger partial charge on any atom is 0.195 e. The van der Waals surface area contributed by atoms with Crippen molar-refractivity contribution in [3.8, 4) is 0 Å². The third-order valence-electron chi connectivity index (χ3n) is 2.17. The molecule has 0 bridgehead atoms. The Morgan fingerprint density at radius 2 is 2.00 bits per heavy atom. The van der Waals surface area contributed by atoms with Crippen LogP contribution in [0.25, 0.3) is 0 Å². The molecule has 0 N–H and O–H groups in total. The lowest BCUT2D eigenvalue weighted by molar-refractivity contribution is 0.373. The Hall–Kier alpha value is -0.830. The summed E-state index contributed by atoms with van der Waals surface area (Å²) in [5.74, 6) is 2.31. The van der Waals surface area contributed by atoms with Gasteiger partial charge in [-0.25, -0.2) is 4.98 Å². The molecule has 0 fully saturated rings. The maximum atomic E-state index is 5.69. The number of hydrogen-bond acceptors (Lipinski definition) is 3. The Morgan fingerprint density at radius 3 is 2.43 bits per heavy atom. The molecule has 0 atom stereocenters. The quantitative estimate of drug-likeness (QED) is 0.739. The van der Waals surface area contributed by atoms with Crippen LogP contribution in [0, 0.1) is 6.92 Å². The molecule has 1 aromatic heterocycles. The summed E-state index contributed by atoms with van der Waals surface area (Å²) in [7, 11) is 4.11. The van der Waals surface area contributed by atoms with Crippen molar-refractivity contribution in [2.45, 2.75) is 33.1 Å². The normalized spacial score (nSPS) is 11.6. The summed E-state index contributed by atoms with van der Waals surface area (Å²) in [4.78, 5) is 6.54. The van der Waals surface area contributed by atoms with E-state index in [1.807, 2.05) is 6.92 Å². The first-order chi connectivity index (χ1) is 6.50. The molecule has 3 heteroatoms. The van der Waals surface area contributed by atoms with Crippen LogP contribution in [0.2, 0.25) is 0 Å². The summed E-state index contributed by atoms with van der Waals surface area (Å²) >= 11 is 0. The van der Waals surface area contributed by atoms with E-state index in [9.17, 15) is 0 Å². The van der Waals surface area contributed by atoms with Crippen LogP contribution in [-0.4, -0.2) is 30.5 Å². The van der Waals surface area contributed by atoms with E-state index >= 15 is 0 Å². The summed E-state index contributed by atoms with van der Waals surface area (Å²) in [6.45, 7) is 7.25. The van der Waals surface area contributed by atoms with Gasteiger partial charge in [-0.1, -0.05) is 13.8 Å². The fourth-order valence-electron chi connectivity index (χ4n) is 1.43.